The molecule has 3 aromatic rings. The summed E-state index contributed by atoms with van der Waals surface area (Å²) in [5, 5.41) is 5.15. The van der Waals surface area contributed by atoms with Crippen LogP contribution >= 0.6 is 22.6 Å². The van der Waals surface area contributed by atoms with Gasteiger partial charge in [0.2, 0.25) is 0 Å². The van der Waals surface area contributed by atoms with Crippen molar-refractivity contribution in [1.82, 2.24) is 9.78 Å². The van der Waals surface area contributed by atoms with Gasteiger partial charge in [0.15, 0.2) is 0 Å². The van der Waals surface area contributed by atoms with Crippen molar-refractivity contribution in [2.75, 3.05) is 0 Å². The fourth-order valence-corrected chi connectivity index (χ4v) is 3.15. The van der Waals surface area contributed by atoms with Crippen molar-refractivity contribution in [3.63, 3.8) is 0 Å². The molecule has 3 rings (SSSR count). The van der Waals surface area contributed by atoms with E-state index in [1.54, 1.807) is 0 Å². The summed E-state index contributed by atoms with van der Waals surface area (Å²) in [6.07, 6.45) is -0.499. The molecule has 0 saturated carbocycles. The number of aromatic nitrogens is 2. The molecule has 0 N–H and O–H groups in total. The molecular weight excluding hydrogens is 431 g/mol. The normalized spacial score (nSPS) is 11.5. The topological polar surface area (TPSA) is 53.4 Å². The molecule has 0 radical (unpaired) electrons. The lowest BCUT2D eigenvalue weighted by Crippen LogP contribution is -2.27. The van der Waals surface area contributed by atoms with Crippen LogP contribution in [-0.4, -0.2) is 21.5 Å². The maximum Gasteiger partial charge on any atom is 0.435 e. The summed E-state index contributed by atoms with van der Waals surface area (Å²) >= 11 is 2.11. The Hall–Kier alpha value is -2.09. The number of halogens is 1. The zero-order valence-electron chi connectivity index (χ0n) is 14.3. The van der Waals surface area contributed by atoms with E-state index in [1.165, 1.54) is 4.68 Å². The minimum atomic E-state index is -0.581. The highest BCUT2D eigenvalue weighted by molar-refractivity contribution is 14.1. The molecule has 0 spiro atoms. The summed E-state index contributed by atoms with van der Waals surface area (Å²) < 4.78 is 13.4. The van der Waals surface area contributed by atoms with Gasteiger partial charge in [-0.25, -0.2) is 4.79 Å². The lowest BCUT2D eigenvalue weighted by molar-refractivity contribution is 0.0522. The van der Waals surface area contributed by atoms with Crippen LogP contribution in [0.4, 0.5) is 4.79 Å². The molecule has 0 unspecified atom stereocenters. The van der Waals surface area contributed by atoms with Gasteiger partial charge in [-0.05, 0) is 61.1 Å². The molecule has 1 heterocycles. The molecule has 5 nitrogen and oxygen atoms in total. The third-order valence-electron chi connectivity index (χ3n) is 3.43. The first-order valence-corrected chi connectivity index (χ1v) is 9.00. The van der Waals surface area contributed by atoms with Gasteiger partial charge in [-0.15, -0.1) is 0 Å². The van der Waals surface area contributed by atoms with Crippen LogP contribution in [-0.2, 0) is 11.3 Å². The van der Waals surface area contributed by atoms with Gasteiger partial charge in [0, 0.05) is 0 Å². The number of ether oxygens (including phenoxy) is 2. The Kier molecular flexibility index (Phi) is 4.99. The van der Waals surface area contributed by atoms with Crippen molar-refractivity contribution < 1.29 is 14.3 Å². The van der Waals surface area contributed by atoms with Crippen LogP contribution in [0.2, 0.25) is 0 Å². The van der Waals surface area contributed by atoms with Crippen LogP contribution in [0, 0.1) is 3.70 Å². The van der Waals surface area contributed by atoms with Gasteiger partial charge >= 0.3 is 6.09 Å². The van der Waals surface area contributed by atoms with E-state index in [0.717, 1.165) is 10.9 Å². The van der Waals surface area contributed by atoms with Crippen molar-refractivity contribution in [1.29, 1.82) is 0 Å². The minimum Gasteiger partial charge on any atom is -0.488 e. The third kappa shape index (κ3) is 4.12. The van der Waals surface area contributed by atoms with Crippen LogP contribution in [0.3, 0.4) is 0 Å². The Morgan fingerprint density at radius 1 is 1.12 bits per heavy atom. The van der Waals surface area contributed by atoms with Crippen LogP contribution in [0.25, 0.3) is 10.9 Å². The van der Waals surface area contributed by atoms with Gasteiger partial charge in [-0.1, -0.05) is 36.4 Å². The summed E-state index contributed by atoms with van der Waals surface area (Å²) in [4.78, 5) is 12.4. The molecule has 2 aromatic carbocycles. The first-order chi connectivity index (χ1) is 11.8. The SMILES string of the molecule is CC(C)(C)OC(=O)n1nc(I)c2c(OCc3ccccc3)cccc21. The molecule has 0 aliphatic carbocycles. The molecule has 0 aliphatic rings. The molecule has 0 fully saturated rings. The number of fused-ring (bicyclic) bond motifs is 1. The second-order valence-corrected chi connectivity index (χ2v) is 7.63. The fourth-order valence-electron chi connectivity index (χ4n) is 2.39. The van der Waals surface area contributed by atoms with E-state index in [2.05, 4.69) is 27.7 Å². The summed E-state index contributed by atoms with van der Waals surface area (Å²) in [5.74, 6) is 0.695. The predicted octanol–water partition coefficient (Wildman–Crippen LogP) is 5.00. The summed E-state index contributed by atoms with van der Waals surface area (Å²) in [7, 11) is 0. The standard InChI is InChI=1S/C19H19IN2O3/c1-19(2,3)25-18(23)22-14-10-7-11-15(16(14)17(20)21-22)24-12-13-8-5-4-6-9-13/h4-11H,12H2,1-3H3. The van der Waals surface area contributed by atoms with Crippen LogP contribution < -0.4 is 4.74 Å². The number of carbonyl (C=O) groups is 1. The van der Waals surface area contributed by atoms with Crippen molar-refractivity contribution in [2.24, 2.45) is 0 Å². The van der Waals surface area contributed by atoms with Crippen molar-refractivity contribution in [2.45, 2.75) is 33.0 Å². The predicted molar refractivity (Wildman–Crippen MR) is 105 cm³/mol. The molecule has 0 atom stereocenters. The molecule has 0 aliphatic heterocycles. The van der Waals surface area contributed by atoms with E-state index in [9.17, 15) is 4.79 Å². The fraction of sp³-hybridized carbons (Fsp3) is 0.263. The van der Waals surface area contributed by atoms with Crippen LogP contribution in [0.5, 0.6) is 5.75 Å². The second-order valence-electron chi connectivity index (χ2n) is 6.61. The molecule has 25 heavy (non-hydrogen) atoms. The quantitative estimate of drug-likeness (QED) is 0.527. The van der Waals surface area contributed by atoms with Crippen molar-refractivity contribution >= 4 is 39.6 Å². The van der Waals surface area contributed by atoms with Gasteiger partial charge in [-0.2, -0.15) is 9.78 Å². The molecule has 130 valence electrons. The smallest absolute Gasteiger partial charge is 0.435 e. The number of nitrogens with zero attached hydrogens (tertiary/aromatic N) is 2. The third-order valence-corrected chi connectivity index (χ3v) is 4.19. The Morgan fingerprint density at radius 2 is 1.84 bits per heavy atom. The lowest BCUT2D eigenvalue weighted by atomic mass is 10.2. The number of rotatable bonds is 3. The lowest BCUT2D eigenvalue weighted by Gasteiger charge is -2.19. The number of hydrogen-bond donors (Lipinski definition) is 0. The first-order valence-electron chi connectivity index (χ1n) is 7.92. The molecule has 0 amide bonds. The Morgan fingerprint density at radius 3 is 2.52 bits per heavy atom. The first kappa shape index (κ1) is 17.7. The number of carbonyl (C=O) groups excluding carboxylic acids is 1. The van der Waals surface area contributed by atoms with E-state index < -0.39 is 11.7 Å². The van der Waals surface area contributed by atoms with E-state index in [0.29, 0.717) is 21.6 Å². The average Bonchev–Trinajstić information content (AvgIpc) is 2.90. The monoisotopic (exact) mass is 450 g/mol. The summed E-state index contributed by atoms with van der Waals surface area (Å²) in [5.41, 5.74) is 1.17. The second kappa shape index (κ2) is 7.03. The Bertz CT molecular complexity index is 898. The van der Waals surface area contributed by atoms with E-state index >= 15 is 0 Å². The average molecular weight is 450 g/mol. The van der Waals surface area contributed by atoms with Crippen molar-refractivity contribution in [3.8, 4) is 5.75 Å². The summed E-state index contributed by atoms with van der Waals surface area (Å²) in [6.45, 7) is 5.94. The highest BCUT2D eigenvalue weighted by Gasteiger charge is 2.23. The van der Waals surface area contributed by atoms with Crippen LogP contribution in [0.15, 0.2) is 48.5 Å². The Labute approximate surface area is 160 Å². The zero-order chi connectivity index (χ0) is 18.0. The molecule has 6 heteroatoms. The zero-order valence-corrected chi connectivity index (χ0v) is 16.5. The number of benzene rings is 2. The largest absolute Gasteiger partial charge is 0.488 e. The molecule has 0 saturated heterocycles. The van der Waals surface area contributed by atoms with E-state index in [4.69, 9.17) is 9.47 Å². The molecule has 1 aromatic heterocycles. The van der Waals surface area contributed by atoms with E-state index in [1.807, 2.05) is 69.3 Å². The summed E-state index contributed by atoms with van der Waals surface area (Å²) in [6, 6.07) is 15.5. The van der Waals surface area contributed by atoms with E-state index in [-0.39, 0.29) is 0 Å². The molecule has 0 bridgehead atoms. The van der Waals surface area contributed by atoms with Gasteiger partial charge < -0.3 is 9.47 Å². The maximum atomic E-state index is 12.4. The minimum absolute atomic E-state index is 0.452. The van der Waals surface area contributed by atoms with Gasteiger partial charge in [0.25, 0.3) is 0 Å². The van der Waals surface area contributed by atoms with Crippen LogP contribution in [0.1, 0.15) is 26.3 Å². The highest BCUT2D eigenvalue weighted by atomic mass is 127. The van der Waals surface area contributed by atoms with Gasteiger partial charge in [0.05, 0.1) is 10.9 Å². The van der Waals surface area contributed by atoms with Gasteiger partial charge in [0.1, 0.15) is 21.7 Å². The highest BCUT2D eigenvalue weighted by Crippen LogP contribution is 2.31. The molecular formula is C19H19IN2O3. The van der Waals surface area contributed by atoms with Crippen molar-refractivity contribution in [3.05, 3.63) is 57.8 Å². The maximum absolute atomic E-state index is 12.4. The number of hydrogen-bond acceptors (Lipinski definition) is 4. The van der Waals surface area contributed by atoms with Gasteiger partial charge in [-0.3, -0.25) is 0 Å². The Balaban J connectivity index is 1.92.